The number of aromatic amines is 1. The Kier molecular flexibility index (Phi) is 6.46. The molecule has 36 heavy (non-hydrogen) atoms. The number of ether oxygens (including phenoxy) is 1. The van der Waals surface area contributed by atoms with Gasteiger partial charge in [-0.3, -0.25) is 14.3 Å². The van der Waals surface area contributed by atoms with Crippen LogP contribution < -0.4 is 4.74 Å². The molecule has 3 N–H and O–H groups in total. The van der Waals surface area contributed by atoms with Crippen molar-refractivity contribution >= 4 is 29.1 Å². The van der Waals surface area contributed by atoms with Crippen LogP contribution in [0.25, 0.3) is 39.0 Å². The highest BCUT2D eigenvalue weighted by Crippen LogP contribution is 2.31. The quantitative estimate of drug-likeness (QED) is 0.184. The Labute approximate surface area is 211 Å². The summed E-state index contributed by atoms with van der Waals surface area (Å²) in [5.41, 5.74) is 5.15. The van der Waals surface area contributed by atoms with Gasteiger partial charge in [-0.2, -0.15) is 0 Å². The lowest BCUT2D eigenvalue weighted by atomic mass is 10.0. The van der Waals surface area contributed by atoms with Gasteiger partial charge in [-0.25, -0.2) is 4.98 Å². The van der Waals surface area contributed by atoms with Crippen molar-refractivity contribution in [2.24, 2.45) is 0 Å². The van der Waals surface area contributed by atoms with E-state index in [9.17, 15) is 9.90 Å². The van der Waals surface area contributed by atoms with Crippen LogP contribution in [0.3, 0.4) is 0 Å². The molecule has 0 aliphatic carbocycles. The molecule has 3 heterocycles. The highest BCUT2D eigenvalue weighted by molar-refractivity contribution is 7.71. The molecule has 0 fully saturated rings. The number of aromatic hydroxyl groups is 1. The molecule has 0 bridgehead atoms. The zero-order valence-electron chi connectivity index (χ0n) is 19.1. The Morgan fingerprint density at radius 2 is 1.72 bits per heavy atom. The Balaban J connectivity index is 1.41. The first kappa shape index (κ1) is 23.3. The Morgan fingerprint density at radius 1 is 1.03 bits per heavy atom. The average molecular weight is 499 g/mol. The van der Waals surface area contributed by atoms with Crippen LogP contribution >= 0.6 is 12.2 Å². The minimum atomic E-state index is -0.823. The number of rotatable bonds is 8. The molecule has 0 saturated heterocycles. The Hall–Kier alpha value is -4.50. The maximum absolute atomic E-state index is 10.6. The maximum atomic E-state index is 10.6. The van der Waals surface area contributed by atoms with Gasteiger partial charge in [0.2, 0.25) is 5.88 Å². The summed E-state index contributed by atoms with van der Waals surface area (Å²) in [4.78, 5) is 22.5. The number of aromatic nitrogens is 4. The van der Waals surface area contributed by atoms with Crippen LogP contribution in [0.5, 0.6) is 11.6 Å². The topological polar surface area (TPSA) is 113 Å². The summed E-state index contributed by atoms with van der Waals surface area (Å²) in [6.07, 6.45) is 5.40. The van der Waals surface area contributed by atoms with E-state index in [1.54, 1.807) is 17.0 Å². The molecule has 2 aromatic carbocycles. The van der Waals surface area contributed by atoms with Gasteiger partial charge in [0.25, 0.3) is 0 Å². The molecule has 0 unspecified atom stereocenters. The molecule has 0 amide bonds. The summed E-state index contributed by atoms with van der Waals surface area (Å²) >= 11 is 5.37. The van der Waals surface area contributed by atoms with Gasteiger partial charge >= 0.3 is 5.97 Å². The van der Waals surface area contributed by atoms with Crippen molar-refractivity contribution in [3.05, 3.63) is 84.0 Å². The highest BCUT2D eigenvalue weighted by Gasteiger charge is 2.13. The lowest BCUT2D eigenvalue weighted by Crippen LogP contribution is -2.01. The van der Waals surface area contributed by atoms with Gasteiger partial charge in [0.15, 0.2) is 4.77 Å². The summed E-state index contributed by atoms with van der Waals surface area (Å²) in [6, 6.07) is 19.5. The first-order valence-corrected chi connectivity index (χ1v) is 11.7. The molecule has 5 aromatic rings. The van der Waals surface area contributed by atoms with Gasteiger partial charge in [0.1, 0.15) is 5.75 Å². The van der Waals surface area contributed by atoms with Gasteiger partial charge in [-0.05, 0) is 54.0 Å². The van der Waals surface area contributed by atoms with Crippen molar-refractivity contribution in [3.8, 4) is 39.7 Å². The molecule has 0 aliphatic rings. The van der Waals surface area contributed by atoms with Crippen LogP contribution in [-0.2, 0) is 4.79 Å². The van der Waals surface area contributed by atoms with Crippen LogP contribution in [0, 0.1) is 4.77 Å². The third kappa shape index (κ3) is 4.82. The number of fused-ring (bicyclic) bond motifs is 1. The number of H-pyrrole nitrogens is 1. The first-order valence-electron chi connectivity index (χ1n) is 11.3. The smallest absolute Gasteiger partial charge is 0.303 e. The average Bonchev–Trinajstić information content (AvgIpc) is 3.24. The van der Waals surface area contributed by atoms with Gasteiger partial charge < -0.3 is 19.9 Å². The van der Waals surface area contributed by atoms with Crippen molar-refractivity contribution in [2.45, 2.75) is 12.8 Å². The molecule has 9 heteroatoms. The molecule has 5 rings (SSSR count). The summed E-state index contributed by atoms with van der Waals surface area (Å²) in [7, 11) is 0. The Morgan fingerprint density at radius 3 is 2.39 bits per heavy atom. The van der Waals surface area contributed by atoms with Gasteiger partial charge in [-0.15, -0.1) is 0 Å². The lowest BCUT2D eigenvalue weighted by molar-refractivity contribution is -0.137. The largest absolute Gasteiger partial charge is 0.494 e. The van der Waals surface area contributed by atoms with Crippen LogP contribution in [0.4, 0.5) is 0 Å². The summed E-state index contributed by atoms with van der Waals surface area (Å²) < 4.78 is 7.55. The molecule has 0 aliphatic heterocycles. The van der Waals surface area contributed by atoms with Crippen LogP contribution in [0.1, 0.15) is 12.8 Å². The van der Waals surface area contributed by atoms with E-state index >= 15 is 0 Å². The molecule has 0 atom stereocenters. The normalized spacial score (nSPS) is 11.0. The predicted octanol–water partition coefficient (Wildman–Crippen LogP) is 5.76. The number of carbonyl (C=O) groups is 1. The number of carboxylic acid groups (broad SMARTS) is 1. The third-order valence-corrected chi connectivity index (χ3v) is 6.06. The number of hydrogen-bond donors (Lipinski definition) is 3. The van der Waals surface area contributed by atoms with Crippen molar-refractivity contribution in [1.29, 1.82) is 0 Å². The third-order valence-electron chi connectivity index (χ3n) is 5.76. The molecule has 8 nitrogen and oxygen atoms in total. The number of pyridine rings is 2. The van der Waals surface area contributed by atoms with E-state index in [4.69, 9.17) is 27.0 Å². The van der Waals surface area contributed by atoms with E-state index in [1.807, 2.05) is 60.7 Å². The number of carboxylic acids is 1. The number of nitrogens with one attached hydrogen (secondary N) is 1. The zero-order valence-corrected chi connectivity index (χ0v) is 19.9. The summed E-state index contributed by atoms with van der Waals surface area (Å²) in [5.74, 6) is -0.113. The number of aliphatic carboxylic acids is 1. The molecular weight excluding hydrogens is 476 g/mol. The molecular formula is C27H22N4O4S. The van der Waals surface area contributed by atoms with E-state index in [2.05, 4.69) is 9.97 Å². The van der Waals surface area contributed by atoms with Gasteiger partial charge in [0.05, 0.1) is 29.7 Å². The summed E-state index contributed by atoms with van der Waals surface area (Å²) in [6.45, 7) is 0.364. The van der Waals surface area contributed by atoms with E-state index in [1.165, 1.54) is 6.20 Å². The minimum Gasteiger partial charge on any atom is -0.494 e. The molecule has 0 radical (unpaired) electrons. The van der Waals surface area contributed by atoms with Crippen LogP contribution in [0.2, 0.25) is 0 Å². The second kappa shape index (κ2) is 10.0. The van der Waals surface area contributed by atoms with Crippen molar-refractivity contribution in [2.75, 3.05) is 6.61 Å². The SMILES string of the molecule is O=C(O)CCCOc1ccc(-c2ccc(-c3cc(-n4c(O)c[nH]c4=S)c4cnccc4n3)cc2)cc1. The van der Waals surface area contributed by atoms with E-state index in [-0.39, 0.29) is 12.3 Å². The second-order valence-electron chi connectivity index (χ2n) is 8.15. The fraction of sp³-hybridized carbons (Fsp3) is 0.111. The van der Waals surface area contributed by atoms with Crippen molar-refractivity contribution in [1.82, 2.24) is 19.5 Å². The molecule has 0 spiro atoms. The molecule has 0 saturated carbocycles. The predicted molar refractivity (Wildman–Crippen MR) is 139 cm³/mol. The van der Waals surface area contributed by atoms with Gasteiger partial charge in [0, 0.05) is 29.8 Å². The van der Waals surface area contributed by atoms with E-state index in [0.29, 0.717) is 29.2 Å². The van der Waals surface area contributed by atoms with Crippen molar-refractivity contribution < 1.29 is 19.7 Å². The minimum absolute atomic E-state index is 0.00645. The number of imidazole rings is 1. The summed E-state index contributed by atoms with van der Waals surface area (Å²) in [5, 5.41) is 19.8. The molecule has 3 aromatic heterocycles. The molecule has 180 valence electrons. The standard InChI is InChI=1S/C27H22N4O4S/c32-25-16-29-27(36)31(25)24-14-23(30-22-11-12-28-15-21(22)24)19-5-3-17(4-6-19)18-7-9-20(10-8-18)35-13-1-2-26(33)34/h3-12,14-16,32H,1-2,13H2,(H,29,36)(H,33,34). The second-order valence-corrected chi connectivity index (χ2v) is 8.54. The van der Waals surface area contributed by atoms with Crippen molar-refractivity contribution in [3.63, 3.8) is 0 Å². The monoisotopic (exact) mass is 498 g/mol. The van der Waals surface area contributed by atoms with E-state index < -0.39 is 5.97 Å². The van der Waals surface area contributed by atoms with E-state index in [0.717, 1.165) is 33.3 Å². The number of hydrogen-bond acceptors (Lipinski definition) is 6. The number of benzene rings is 2. The zero-order chi connectivity index (χ0) is 25.1. The van der Waals surface area contributed by atoms with Crippen LogP contribution in [0.15, 0.2) is 79.3 Å². The van der Waals surface area contributed by atoms with Crippen LogP contribution in [-0.4, -0.2) is 42.3 Å². The fourth-order valence-electron chi connectivity index (χ4n) is 3.97. The lowest BCUT2D eigenvalue weighted by Gasteiger charge is -2.12. The highest BCUT2D eigenvalue weighted by atomic mass is 32.1. The van der Waals surface area contributed by atoms with Gasteiger partial charge in [-0.1, -0.05) is 36.4 Å². The fourth-order valence-corrected chi connectivity index (χ4v) is 4.22. The Bertz CT molecular complexity index is 1590. The number of nitrogens with zero attached hydrogens (tertiary/aromatic N) is 3. The first-order chi connectivity index (χ1) is 17.5. The maximum Gasteiger partial charge on any atom is 0.303 e.